The molecule has 3 aromatic rings. The molecule has 7 heteroatoms. The van der Waals surface area contributed by atoms with Gasteiger partial charge >= 0.3 is 6.03 Å². The minimum atomic E-state index is -0.303. The molecule has 0 atom stereocenters. The highest BCUT2D eigenvalue weighted by atomic mass is 16.2. The molecule has 0 spiro atoms. The Bertz CT molecular complexity index is 947. The van der Waals surface area contributed by atoms with E-state index in [1.807, 2.05) is 57.2 Å². The fourth-order valence-corrected chi connectivity index (χ4v) is 2.53. The molecule has 26 heavy (non-hydrogen) atoms. The van der Waals surface area contributed by atoms with Gasteiger partial charge in [0, 0.05) is 5.69 Å². The number of amides is 2. The van der Waals surface area contributed by atoms with E-state index in [2.05, 4.69) is 33.1 Å². The topological polar surface area (TPSA) is 84.7 Å². The Hall–Kier alpha value is -3.22. The van der Waals surface area contributed by atoms with Gasteiger partial charge in [-0.05, 0) is 84.6 Å². The van der Waals surface area contributed by atoms with Crippen LogP contribution in [0, 0.1) is 27.7 Å². The molecule has 7 nitrogen and oxygen atoms in total. The summed E-state index contributed by atoms with van der Waals surface area (Å²) in [6.45, 7) is 8.36. The molecule has 1 heterocycles. The Morgan fingerprint density at radius 3 is 2.35 bits per heavy atom. The van der Waals surface area contributed by atoms with Crippen LogP contribution in [0.25, 0.3) is 5.69 Å². The number of hydrogen-bond acceptors (Lipinski definition) is 4. The summed E-state index contributed by atoms with van der Waals surface area (Å²) in [5.74, 6) is 0.559. The van der Waals surface area contributed by atoms with Gasteiger partial charge in [-0.3, -0.25) is 0 Å². The maximum Gasteiger partial charge on any atom is 0.319 e. The third kappa shape index (κ3) is 3.88. The van der Waals surface area contributed by atoms with Crippen molar-refractivity contribution >= 4 is 11.7 Å². The van der Waals surface area contributed by atoms with E-state index in [4.69, 9.17) is 0 Å². The first kappa shape index (κ1) is 17.6. The summed E-state index contributed by atoms with van der Waals surface area (Å²) >= 11 is 0. The second-order valence-corrected chi connectivity index (χ2v) is 6.38. The smallest absolute Gasteiger partial charge is 0.319 e. The molecule has 2 aromatic carbocycles. The summed E-state index contributed by atoms with van der Waals surface area (Å²) in [6, 6.07) is 11.5. The Kier molecular flexibility index (Phi) is 4.97. The molecule has 134 valence electrons. The number of nitrogens with one attached hydrogen (secondary N) is 2. The molecule has 1 aromatic heterocycles. The number of urea groups is 1. The second-order valence-electron chi connectivity index (χ2n) is 6.38. The highest BCUT2D eigenvalue weighted by molar-refractivity contribution is 5.89. The Labute approximate surface area is 152 Å². The molecular weight excluding hydrogens is 328 g/mol. The maximum atomic E-state index is 12.2. The van der Waals surface area contributed by atoms with Gasteiger partial charge in [-0.15, -0.1) is 5.10 Å². The van der Waals surface area contributed by atoms with Crippen molar-refractivity contribution in [2.75, 3.05) is 5.32 Å². The van der Waals surface area contributed by atoms with E-state index in [0.29, 0.717) is 5.82 Å². The second kappa shape index (κ2) is 7.35. The Balaban J connectivity index is 1.66. The number of tetrazole rings is 1. The average molecular weight is 350 g/mol. The van der Waals surface area contributed by atoms with Crippen LogP contribution in [-0.2, 0) is 6.54 Å². The molecule has 0 unspecified atom stereocenters. The van der Waals surface area contributed by atoms with Crippen molar-refractivity contribution in [3.63, 3.8) is 0 Å². The standard InChI is InChI=1S/C19H22N6O/c1-12-5-7-16(9-14(12)3)21-19(26)20-11-18-22-23-24-25(18)17-8-6-13(2)15(4)10-17/h5-10H,11H2,1-4H3,(H2,20,21,26). The van der Waals surface area contributed by atoms with Crippen molar-refractivity contribution in [1.82, 2.24) is 25.5 Å². The van der Waals surface area contributed by atoms with E-state index in [0.717, 1.165) is 22.5 Å². The summed E-state index contributed by atoms with van der Waals surface area (Å²) in [6.07, 6.45) is 0. The van der Waals surface area contributed by atoms with Crippen LogP contribution < -0.4 is 10.6 Å². The lowest BCUT2D eigenvalue weighted by molar-refractivity contribution is 0.251. The maximum absolute atomic E-state index is 12.2. The molecule has 0 radical (unpaired) electrons. The van der Waals surface area contributed by atoms with E-state index in [-0.39, 0.29) is 12.6 Å². The first-order valence-electron chi connectivity index (χ1n) is 8.41. The van der Waals surface area contributed by atoms with Gasteiger partial charge in [-0.2, -0.15) is 4.68 Å². The van der Waals surface area contributed by atoms with Crippen LogP contribution in [-0.4, -0.2) is 26.2 Å². The molecule has 0 aliphatic heterocycles. The summed E-state index contributed by atoms with van der Waals surface area (Å²) in [5.41, 5.74) is 6.28. The van der Waals surface area contributed by atoms with E-state index in [9.17, 15) is 4.79 Å². The Morgan fingerprint density at radius 2 is 1.65 bits per heavy atom. The number of benzene rings is 2. The Morgan fingerprint density at radius 1 is 0.962 bits per heavy atom. The summed E-state index contributed by atoms with van der Waals surface area (Å²) in [5, 5.41) is 17.4. The van der Waals surface area contributed by atoms with Crippen LogP contribution in [0.5, 0.6) is 0 Å². The van der Waals surface area contributed by atoms with E-state index in [1.165, 1.54) is 11.1 Å². The number of aryl methyl sites for hydroxylation is 4. The lowest BCUT2D eigenvalue weighted by Gasteiger charge is -2.10. The van der Waals surface area contributed by atoms with Crippen molar-refractivity contribution in [3.05, 3.63) is 64.5 Å². The number of rotatable bonds is 4. The van der Waals surface area contributed by atoms with E-state index < -0.39 is 0 Å². The van der Waals surface area contributed by atoms with Crippen LogP contribution >= 0.6 is 0 Å². The minimum absolute atomic E-state index is 0.219. The SMILES string of the molecule is Cc1ccc(NC(=O)NCc2nnnn2-c2ccc(C)c(C)c2)cc1C. The molecule has 0 fully saturated rings. The van der Waals surface area contributed by atoms with Gasteiger partial charge in [-0.25, -0.2) is 4.79 Å². The summed E-state index contributed by atoms with van der Waals surface area (Å²) in [7, 11) is 0. The highest BCUT2D eigenvalue weighted by Gasteiger charge is 2.11. The molecule has 2 amide bonds. The third-order valence-electron chi connectivity index (χ3n) is 4.44. The number of carbonyl (C=O) groups excluding carboxylic acids is 1. The van der Waals surface area contributed by atoms with Crippen molar-refractivity contribution < 1.29 is 4.79 Å². The van der Waals surface area contributed by atoms with Crippen molar-refractivity contribution in [2.45, 2.75) is 34.2 Å². The van der Waals surface area contributed by atoms with E-state index in [1.54, 1.807) is 4.68 Å². The van der Waals surface area contributed by atoms with Gasteiger partial charge in [0.15, 0.2) is 5.82 Å². The van der Waals surface area contributed by atoms with E-state index >= 15 is 0 Å². The van der Waals surface area contributed by atoms with Gasteiger partial charge in [0.1, 0.15) is 0 Å². The first-order valence-corrected chi connectivity index (χ1v) is 8.41. The van der Waals surface area contributed by atoms with Crippen molar-refractivity contribution in [2.24, 2.45) is 0 Å². The molecule has 3 rings (SSSR count). The number of anilines is 1. The zero-order valence-corrected chi connectivity index (χ0v) is 15.4. The summed E-state index contributed by atoms with van der Waals surface area (Å²) in [4.78, 5) is 12.2. The molecule has 0 aliphatic carbocycles. The quantitative estimate of drug-likeness (QED) is 0.757. The van der Waals surface area contributed by atoms with Crippen LogP contribution in [0.4, 0.5) is 10.5 Å². The molecule has 0 saturated heterocycles. The molecule has 0 aliphatic rings. The lowest BCUT2D eigenvalue weighted by Crippen LogP contribution is -2.29. The predicted molar refractivity (Wildman–Crippen MR) is 100 cm³/mol. The minimum Gasteiger partial charge on any atom is -0.330 e. The van der Waals surface area contributed by atoms with Crippen molar-refractivity contribution in [1.29, 1.82) is 0 Å². The van der Waals surface area contributed by atoms with Gasteiger partial charge < -0.3 is 10.6 Å². The van der Waals surface area contributed by atoms with Crippen LogP contribution in [0.3, 0.4) is 0 Å². The lowest BCUT2D eigenvalue weighted by atomic mass is 10.1. The van der Waals surface area contributed by atoms with Crippen molar-refractivity contribution in [3.8, 4) is 5.69 Å². The van der Waals surface area contributed by atoms with Crippen LogP contribution in [0.1, 0.15) is 28.1 Å². The molecule has 0 saturated carbocycles. The number of carbonyl (C=O) groups is 1. The van der Waals surface area contributed by atoms with Gasteiger partial charge in [0.25, 0.3) is 0 Å². The molecular formula is C19H22N6O. The monoisotopic (exact) mass is 350 g/mol. The summed E-state index contributed by atoms with van der Waals surface area (Å²) < 4.78 is 1.63. The zero-order chi connectivity index (χ0) is 18.7. The normalized spacial score (nSPS) is 10.6. The predicted octanol–water partition coefficient (Wildman–Crippen LogP) is 3.22. The average Bonchev–Trinajstić information content (AvgIpc) is 3.07. The third-order valence-corrected chi connectivity index (χ3v) is 4.44. The van der Waals surface area contributed by atoms with Gasteiger partial charge in [0.2, 0.25) is 0 Å². The fraction of sp³-hybridized carbons (Fsp3) is 0.263. The van der Waals surface area contributed by atoms with Gasteiger partial charge in [0.05, 0.1) is 12.2 Å². The zero-order valence-electron chi connectivity index (χ0n) is 15.4. The largest absolute Gasteiger partial charge is 0.330 e. The van der Waals surface area contributed by atoms with Crippen LogP contribution in [0.15, 0.2) is 36.4 Å². The number of hydrogen-bond donors (Lipinski definition) is 2. The highest BCUT2D eigenvalue weighted by Crippen LogP contribution is 2.15. The fourth-order valence-electron chi connectivity index (χ4n) is 2.53. The number of nitrogens with zero attached hydrogens (tertiary/aromatic N) is 4. The molecule has 0 bridgehead atoms. The number of aromatic nitrogens is 4. The van der Waals surface area contributed by atoms with Gasteiger partial charge in [-0.1, -0.05) is 12.1 Å². The van der Waals surface area contributed by atoms with Crippen LogP contribution in [0.2, 0.25) is 0 Å². The molecule has 2 N–H and O–H groups in total. The first-order chi connectivity index (χ1) is 12.4.